The summed E-state index contributed by atoms with van der Waals surface area (Å²) < 4.78 is 0. The Balaban J connectivity index is 2.58. The van der Waals surface area contributed by atoms with Gasteiger partial charge in [0, 0.05) is 0 Å². The van der Waals surface area contributed by atoms with Crippen LogP contribution in [0.15, 0.2) is 23.8 Å². The molecule has 0 aromatic heterocycles. The van der Waals surface area contributed by atoms with Crippen LogP contribution in [-0.2, 0) is 0 Å². The van der Waals surface area contributed by atoms with Gasteiger partial charge in [0.1, 0.15) is 0 Å². The highest BCUT2D eigenvalue weighted by atomic mass is 14.1. The quantitative estimate of drug-likeness (QED) is 0.589. The smallest absolute Gasteiger partial charge is 0.0205 e. The summed E-state index contributed by atoms with van der Waals surface area (Å²) in [6, 6.07) is 0. The van der Waals surface area contributed by atoms with Gasteiger partial charge in [-0.25, -0.2) is 0 Å². The van der Waals surface area contributed by atoms with E-state index in [-0.39, 0.29) is 0 Å². The molecular weight excluding hydrogens is 144 g/mol. The van der Waals surface area contributed by atoms with Crippen LogP contribution in [0.5, 0.6) is 0 Å². The van der Waals surface area contributed by atoms with Gasteiger partial charge >= 0.3 is 0 Å². The first kappa shape index (κ1) is 9.57. The van der Waals surface area contributed by atoms with Crippen LogP contribution >= 0.6 is 0 Å². The van der Waals surface area contributed by atoms with Crippen molar-refractivity contribution in [2.75, 3.05) is 0 Å². The summed E-state index contributed by atoms with van der Waals surface area (Å²) >= 11 is 0. The molecule has 0 N–H and O–H groups in total. The molecule has 0 aromatic rings. The third kappa shape index (κ3) is 2.51. The molecule has 0 nitrogen and oxygen atoms in total. The summed E-state index contributed by atoms with van der Waals surface area (Å²) in [5.74, 6) is 0.841. The molecule has 1 rings (SSSR count). The Morgan fingerprint density at radius 3 is 2.75 bits per heavy atom. The maximum absolute atomic E-state index is 2.34. The minimum absolute atomic E-state index is 0.841. The molecule has 0 unspecified atom stereocenters. The molecule has 12 heavy (non-hydrogen) atoms. The highest BCUT2D eigenvalue weighted by molar-refractivity contribution is 5.17. The van der Waals surface area contributed by atoms with Crippen molar-refractivity contribution in [3.63, 3.8) is 0 Å². The van der Waals surface area contributed by atoms with E-state index in [0.29, 0.717) is 0 Å². The largest absolute Gasteiger partial charge is 0.0845 e. The topological polar surface area (TPSA) is 0 Å². The first-order chi connectivity index (χ1) is 5.88. The lowest BCUT2D eigenvalue weighted by atomic mass is 9.90. The lowest BCUT2D eigenvalue weighted by Crippen LogP contribution is -2.00. The zero-order valence-electron chi connectivity index (χ0n) is 8.34. The van der Waals surface area contributed by atoms with E-state index in [1.54, 1.807) is 5.57 Å². The van der Waals surface area contributed by atoms with E-state index >= 15 is 0 Å². The van der Waals surface area contributed by atoms with Crippen molar-refractivity contribution in [2.45, 2.75) is 46.0 Å². The maximum Gasteiger partial charge on any atom is -0.0205 e. The Hall–Kier alpha value is -0.520. The average Bonchev–Trinajstić information content (AvgIpc) is 2.35. The van der Waals surface area contributed by atoms with Crippen LogP contribution in [0.3, 0.4) is 0 Å². The summed E-state index contributed by atoms with van der Waals surface area (Å²) in [5, 5.41) is 0. The standard InChI is InChI=1S/C12H20/c1-3-11(4-2)12-9-7-5-6-8-10-12/h5,7,9,11H,3-4,6,8,10H2,1-2H3. The summed E-state index contributed by atoms with van der Waals surface area (Å²) in [6.07, 6.45) is 13.4. The van der Waals surface area contributed by atoms with Gasteiger partial charge in [-0.2, -0.15) is 0 Å². The van der Waals surface area contributed by atoms with E-state index in [9.17, 15) is 0 Å². The highest BCUT2D eigenvalue weighted by Gasteiger charge is 2.09. The summed E-state index contributed by atoms with van der Waals surface area (Å²) in [5.41, 5.74) is 1.67. The second-order valence-corrected chi connectivity index (χ2v) is 3.58. The van der Waals surface area contributed by atoms with Crippen molar-refractivity contribution in [1.82, 2.24) is 0 Å². The molecule has 68 valence electrons. The molecule has 0 aromatic carbocycles. The molecule has 0 fully saturated rings. The monoisotopic (exact) mass is 164 g/mol. The Morgan fingerprint density at radius 2 is 2.08 bits per heavy atom. The van der Waals surface area contributed by atoms with Crippen LogP contribution in [0.1, 0.15) is 46.0 Å². The fourth-order valence-electron chi connectivity index (χ4n) is 1.95. The fraction of sp³-hybridized carbons (Fsp3) is 0.667. The van der Waals surface area contributed by atoms with Gasteiger partial charge in [0.05, 0.1) is 0 Å². The van der Waals surface area contributed by atoms with Crippen LogP contribution < -0.4 is 0 Å². The summed E-state index contributed by atoms with van der Waals surface area (Å²) in [6.45, 7) is 4.59. The SMILES string of the molecule is CCC(CC)C1=CC=CCCC1. The Labute approximate surface area is 76.4 Å². The van der Waals surface area contributed by atoms with Gasteiger partial charge in [0.15, 0.2) is 0 Å². The molecule has 0 aliphatic heterocycles. The minimum atomic E-state index is 0.841. The molecule has 0 amide bonds. The third-order valence-electron chi connectivity index (χ3n) is 2.79. The Morgan fingerprint density at radius 1 is 1.33 bits per heavy atom. The number of rotatable bonds is 3. The van der Waals surface area contributed by atoms with Crippen LogP contribution in [-0.4, -0.2) is 0 Å². The zero-order valence-corrected chi connectivity index (χ0v) is 8.34. The molecule has 0 heteroatoms. The number of hydrogen-bond acceptors (Lipinski definition) is 0. The molecule has 0 bridgehead atoms. The molecular formula is C12H20. The fourth-order valence-corrected chi connectivity index (χ4v) is 1.95. The highest BCUT2D eigenvalue weighted by Crippen LogP contribution is 2.25. The molecule has 0 saturated heterocycles. The van der Waals surface area contributed by atoms with Crippen molar-refractivity contribution in [2.24, 2.45) is 5.92 Å². The van der Waals surface area contributed by atoms with Crippen LogP contribution in [0.4, 0.5) is 0 Å². The second kappa shape index (κ2) is 5.18. The van der Waals surface area contributed by atoms with Gasteiger partial charge in [-0.1, -0.05) is 37.6 Å². The first-order valence-corrected chi connectivity index (χ1v) is 5.24. The van der Waals surface area contributed by atoms with E-state index in [2.05, 4.69) is 32.1 Å². The number of allylic oxidation sites excluding steroid dienone is 4. The van der Waals surface area contributed by atoms with Crippen molar-refractivity contribution < 1.29 is 0 Å². The summed E-state index contributed by atoms with van der Waals surface area (Å²) in [7, 11) is 0. The van der Waals surface area contributed by atoms with Gasteiger partial charge in [0.2, 0.25) is 0 Å². The molecule has 0 heterocycles. The van der Waals surface area contributed by atoms with Gasteiger partial charge in [0.25, 0.3) is 0 Å². The van der Waals surface area contributed by atoms with Gasteiger partial charge < -0.3 is 0 Å². The summed E-state index contributed by atoms with van der Waals surface area (Å²) in [4.78, 5) is 0. The average molecular weight is 164 g/mol. The lowest BCUT2D eigenvalue weighted by Gasteiger charge is -2.15. The Bertz CT molecular complexity index is 170. The third-order valence-corrected chi connectivity index (χ3v) is 2.79. The van der Waals surface area contributed by atoms with Crippen LogP contribution in [0.2, 0.25) is 0 Å². The van der Waals surface area contributed by atoms with Gasteiger partial charge in [-0.05, 0) is 38.0 Å². The second-order valence-electron chi connectivity index (χ2n) is 3.58. The van der Waals surface area contributed by atoms with Gasteiger partial charge in [-0.3, -0.25) is 0 Å². The van der Waals surface area contributed by atoms with E-state index in [4.69, 9.17) is 0 Å². The first-order valence-electron chi connectivity index (χ1n) is 5.24. The van der Waals surface area contributed by atoms with Crippen molar-refractivity contribution in [3.8, 4) is 0 Å². The van der Waals surface area contributed by atoms with E-state index in [1.165, 1.54) is 32.1 Å². The Kier molecular flexibility index (Phi) is 4.13. The predicted octanol–water partition coefficient (Wildman–Crippen LogP) is 4.09. The maximum atomic E-state index is 2.34. The van der Waals surface area contributed by atoms with Crippen LogP contribution in [0.25, 0.3) is 0 Å². The van der Waals surface area contributed by atoms with Gasteiger partial charge in [-0.15, -0.1) is 0 Å². The van der Waals surface area contributed by atoms with Crippen molar-refractivity contribution in [3.05, 3.63) is 23.8 Å². The molecule has 1 aliphatic carbocycles. The molecule has 1 aliphatic rings. The zero-order chi connectivity index (χ0) is 8.81. The number of hydrogen-bond donors (Lipinski definition) is 0. The molecule has 0 atom stereocenters. The normalized spacial score (nSPS) is 17.8. The lowest BCUT2D eigenvalue weighted by molar-refractivity contribution is 0.545. The van der Waals surface area contributed by atoms with E-state index in [0.717, 1.165) is 5.92 Å². The molecule has 0 saturated carbocycles. The van der Waals surface area contributed by atoms with Crippen molar-refractivity contribution in [1.29, 1.82) is 0 Å². The molecule has 0 spiro atoms. The van der Waals surface area contributed by atoms with Crippen molar-refractivity contribution >= 4 is 0 Å². The minimum Gasteiger partial charge on any atom is -0.0845 e. The predicted molar refractivity (Wildman–Crippen MR) is 55.1 cm³/mol. The van der Waals surface area contributed by atoms with Crippen LogP contribution in [0, 0.1) is 5.92 Å². The van der Waals surface area contributed by atoms with E-state index in [1.807, 2.05) is 0 Å². The molecule has 0 radical (unpaired) electrons. The van der Waals surface area contributed by atoms with E-state index < -0.39 is 0 Å².